The highest BCUT2D eigenvalue weighted by atomic mass is 16.5. The van der Waals surface area contributed by atoms with Crippen LogP contribution in [0.25, 0.3) is 0 Å². The third-order valence-electron chi connectivity index (χ3n) is 4.67. The highest BCUT2D eigenvalue weighted by Gasteiger charge is 2.14. The first kappa shape index (κ1) is 18.8. The molecule has 0 aliphatic rings. The first-order chi connectivity index (χ1) is 13.2. The van der Waals surface area contributed by atoms with Gasteiger partial charge >= 0.3 is 0 Å². The van der Waals surface area contributed by atoms with E-state index in [2.05, 4.69) is 34.7 Å². The van der Waals surface area contributed by atoms with E-state index in [-0.39, 0.29) is 6.04 Å². The van der Waals surface area contributed by atoms with Gasteiger partial charge in [0, 0.05) is 24.0 Å². The summed E-state index contributed by atoms with van der Waals surface area (Å²) in [4.78, 5) is 4.14. The molecule has 142 valence electrons. The van der Waals surface area contributed by atoms with Crippen molar-refractivity contribution in [2.75, 3.05) is 20.8 Å². The van der Waals surface area contributed by atoms with Gasteiger partial charge in [-0.3, -0.25) is 0 Å². The molecular weight excluding hydrogens is 340 g/mol. The van der Waals surface area contributed by atoms with Gasteiger partial charge in [-0.2, -0.15) is 0 Å². The summed E-state index contributed by atoms with van der Waals surface area (Å²) in [5.41, 5.74) is 2.38. The number of methoxy groups -OCH3 is 2. The highest BCUT2D eigenvalue weighted by Crippen LogP contribution is 2.31. The third-order valence-corrected chi connectivity index (χ3v) is 4.67. The molecule has 5 heteroatoms. The molecule has 0 radical (unpaired) electrons. The zero-order valence-electron chi connectivity index (χ0n) is 16.1. The Hall–Kier alpha value is -2.95. The maximum absolute atomic E-state index is 6.13. The van der Waals surface area contributed by atoms with E-state index in [4.69, 9.17) is 14.2 Å². The number of imidazole rings is 1. The lowest BCUT2D eigenvalue weighted by molar-refractivity contribution is 0.302. The smallest absolute Gasteiger partial charge is 0.128 e. The van der Waals surface area contributed by atoms with Crippen LogP contribution < -0.4 is 14.2 Å². The van der Waals surface area contributed by atoms with Gasteiger partial charge in [0.2, 0.25) is 0 Å². The molecule has 3 rings (SSSR count). The Morgan fingerprint density at radius 3 is 2.41 bits per heavy atom. The Morgan fingerprint density at radius 2 is 1.74 bits per heavy atom. The summed E-state index contributed by atoms with van der Waals surface area (Å²) >= 11 is 0. The molecule has 5 nitrogen and oxygen atoms in total. The first-order valence-corrected chi connectivity index (χ1v) is 9.12. The number of nitrogens with zero attached hydrogens (tertiary/aromatic N) is 2. The SMILES string of the molecule is COc1ccc(CCCOc2cc(OC)ccc2C(C)n2ccnc2)cc1. The summed E-state index contributed by atoms with van der Waals surface area (Å²) in [5.74, 6) is 2.52. The number of hydrogen-bond donors (Lipinski definition) is 0. The maximum atomic E-state index is 6.13. The minimum Gasteiger partial charge on any atom is -0.497 e. The van der Waals surface area contributed by atoms with Crippen LogP contribution in [0.4, 0.5) is 0 Å². The van der Waals surface area contributed by atoms with Crippen LogP contribution in [-0.4, -0.2) is 30.4 Å². The van der Waals surface area contributed by atoms with E-state index in [1.54, 1.807) is 20.4 Å². The fraction of sp³-hybridized carbons (Fsp3) is 0.318. The molecule has 2 aromatic carbocycles. The largest absolute Gasteiger partial charge is 0.497 e. The predicted octanol–water partition coefficient (Wildman–Crippen LogP) is 4.52. The van der Waals surface area contributed by atoms with E-state index in [1.165, 1.54) is 5.56 Å². The number of rotatable bonds is 9. The number of aryl methyl sites for hydroxylation is 1. The predicted molar refractivity (Wildman–Crippen MR) is 106 cm³/mol. The van der Waals surface area contributed by atoms with Crippen LogP contribution in [-0.2, 0) is 6.42 Å². The van der Waals surface area contributed by atoms with Crippen molar-refractivity contribution in [3.05, 3.63) is 72.3 Å². The number of hydrogen-bond acceptors (Lipinski definition) is 4. The van der Waals surface area contributed by atoms with Crippen molar-refractivity contribution in [2.45, 2.75) is 25.8 Å². The Bertz CT molecular complexity index is 829. The van der Waals surface area contributed by atoms with E-state index in [9.17, 15) is 0 Å². The van der Waals surface area contributed by atoms with Crippen molar-refractivity contribution in [3.63, 3.8) is 0 Å². The highest BCUT2D eigenvalue weighted by molar-refractivity contribution is 5.42. The van der Waals surface area contributed by atoms with E-state index in [1.807, 2.05) is 36.8 Å². The molecular formula is C22H26N2O3. The molecule has 3 aromatic rings. The van der Waals surface area contributed by atoms with Gasteiger partial charge < -0.3 is 18.8 Å². The van der Waals surface area contributed by atoms with Gasteiger partial charge in [0.25, 0.3) is 0 Å². The second kappa shape index (κ2) is 9.12. The Morgan fingerprint density at radius 1 is 1.00 bits per heavy atom. The topological polar surface area (TPSA) is 45.5 Å². The van der Waals surface area contributed by atoms with E-state index < -0.39 is 0 Å². The van der Waals surface area contributed by atoms with Crippen molar-refractivity contribution < 1.29 is 14.2 Å². The van der Waals surface area contributed by atoms with Gasteiger partial charge in [-0.25, -0.2) is 4.98 Å². The van der Waals surface area contributed by atoms with Crippen LogP contribution >= 0.6 is 0 Å². The molecule has 0 saturated carbocycles. The molecule has 0 bridgehead atoms. The second-order valence-electron chi connectivity index (χ2n) is 6.39. The Balaban J connectivity index is 1.64. The molecule has 1 unspecified atom stereocenters. The van der Waals surface area contributed by atoms with Crippen molar-refractivity contribution in [1.29, 1.82) is 0 Å². The molecule has 0 aliphatic carbocycles. The third kappa shape index (κ3) is 4.82. The van der Waals surface area contributed by atoms with Gasteiger partial charge in [0.05, 0.1) is 33.2 Å². The number of ether oxygens (including phenoxy) is 3. The first-order valence-electron chi connectivity index (χ1n) is 9.12. The molecule has 0 fully saturated rings. The zero-order chi connectivity index (χ0) is 19.1. The molecule has 0 spiro atoms. The van der Waals surface area contributed by atoms with Gasteiger partial charge in [-0.1, -0.05) is 12.1 Å². The summed E-state index contributed by atoms with van der Waals surface area (Å²) in [6.07, 6.45) is 7.46. The summed E-state index contributed by atoms with van der Waals surface area (Å²) in [6.45, 7) is 2.77. The van der Waals surface area contributed by atoms with Crippen molar-refractivity contribution in [2.24, 2.45) is 0 Å². The zero-order valence-corrected chi connectivity index (χ0v) is 16.1. The minimum atomic E-state index is 0.134. The average Bonchev–Trinajstić information content (AvgIpc) is 3.26. The average molecular weight is 366 g/mol. The lowest BCUT2D eigenvalue weighted by atomic mass is 10.1. The minimum absolute atomic E-state index is 0.134. The van der Waals surface area contributed by atoms with Crippen molar-refractivity contribution in [3.8, 4) is 17.2 Å². The Kier molecular flexibility index (Phi) is 6.36. The Labute approximate surface area is 160 Å². The van der Waals surface area contributed by atoms with Crippen LogP contribution in [0.15, 0.2) is 61.2 Å². The van der Waals surface area contributed by atoms with E-state index >= 15 is 0 Å². The molecule has 1 atom stereocenters. The molecule has 0 aliphatic heterocycles. The lowest BCUT2D eigenvalue weighted by Gasteiger charge is -2.19. The normalized spacial score (nSPS) is 11.8. The summed E-state index contributed by atoms with van der Waals surface area (Å²) in [7, 11) is 3.35. The van der Waals surface area contributed by atoms with E-state index in [0.29, 0.717) is 6.61 Å². The molecule has 1 heterocycles. The van der Waals surface area contributed by atoms with Gasteiger partial charge in [-0.05, 0) is 49.6 Å². The van der Waals surface area contributed by atoms with Crippen LogP contribution in [0, 0.1) is 0 Å². The second-order valence-corrected chi connectivity index (χ2v) is 6.39. The van der Waals surface area contributed by atoms with Crippen LogP contribution in [0.5, 0.6) is 17.2 Å². The maximum Gasteiger partial charge on any atom is 0.128 e. The van der Waals surface area contributed by atoms with Crippen molar-refractivity contribution >= 4 is 0 Å². The van der Waals surface area contributed by atoms with Crippen LogP contribution in [0.3, 0.4) is 0 Å². The summed E-state index contributed by atoms with van der Waals surface area (Å²) < 4.78 is 18.8. The molecule has 27 heavy (non-hydrogen) atoms. The standard InChI is InChI=1S/C22H26N2O3/c1-17(24-13-12-23-16-24)21-11-10-20(26-3)15-22(21)27-14-4-5-18-6-8-19(25-2)9-7-18/h6-13,15-17H,4-5,14H2,1-3H3. The van der Waals surface area contributed by atoms with Gasteiger partial charge in [0.1, 0.15) is 17.2 Å². The lowest BCUT2D eigenvalue weighted by Crippen LogP contribution is -2.08. The van der Waals surface area contributed by atoms with Crippen molar-refractivity contribution in [1.82, 2.24) is 9.55 Å². The van der Waals surface area contributed by atoms with Crippen LogP contribution in [0.2, 0.25) is 0 Å². The molecule has 1 aromatic heterocycles. The fourth-order valence-corrected chi connectivity index (χ4v) is 3.02. The fourth-order valence-electron chi connectivity index (χ4n) is 3.02. The van der Waals surface area contributed by atoms with Crippen LogP contribution in [0.1, 0.15) is 30.5 Å². The molecule has 0 amide bonds. The van der Waals surface area contributed by atoms with E-state index in [0.717, 1.165) is 35.7 Å². The monoisotopic (exact) mass is 366 g/mol. The molecule has 0 N–H and O–H groups in total. The summed E-state index contributed by atoms with van der Waals surface area (Å²) in [5, 5.41) is 0. The van der Waals surface area contributed by atoms with Gasteiger partial charge in [0.15, 0.2) is 0 Å². The quantitative estimate of drug-likeness (QED) is 0.522. The van der Waals surface area contributed by atoms with Gasteiger partial charge in [-0.15, -0.1) is 0 Å². The summed E-state index contributed by atoms with van der Waals surface area (Å²) in [6, 6.07) is 14.3. The number of benzene rings is 2. The molecule has 0 saturated heterocycles. The number of aromatic nitrogens is 2.